The van der Waals surface area contributed by atoms with E-state index in [1.54, 1.807) is 12.1 Å². The number of esters is 1. The van der Waals surface area contributed by atoms with Gasteiger partial charge in [0, 0.05) is 0 Å². The highest BCUT2D eigenvalue weighted by Gasteiger charge is 2.32. The first-order valence-electron chi connectivity index (χ1n) is 5.51. The van der Waals surface area contributed by atoms with Crippen LogP contribution in [0.5, 0.6) is 11.5 Å². The number of carbonyl (C=O) groups excluding carboxylic acids is 1. The highest BCUT2D eigenvalue weighted by Crippen LogP contribution is 2.34. The minimum absolute atomic E-state index is 0.0456. The predicted octanol–water partition coefficient (Wildman–Crippen LogP) is 1.72. The first-order valence-corrected chi connectivity index (χ1v) is 5.51. The molecule has 0 bridgehead atoms. The van der Waals surface area contributed by atoms with Crippen LogP contribution in [0.2, 0.25) is 0 Å². The predicted molar refractivity (Wildman–Crippen MR) is 66.7 cm³/mol. The molecule has 0 unspecified atom stereocenters. The van der Waals surface area contributed by atoms with Crippen molar-refractivity contribution in [1.29, 1.82) is 0 Å². The maximum Gasteiger partial charge on any atom is 0.347 e. The van der Waals surface area contributed by atoms with Gasteiger partial charge in [-0.2, -0.15) is 0 Å². The molecule has 0 aliphatic heterocycles. The summed E-state index contributed by atoms with van der Waals surface area (Å²) in [6, 6.07) is 4.63. The van der Waals surface area contributed by atoms with Crippen molar-refractivity contribution in [2.75, 3.05) is 14.2 Å². The van der Waals surface area contributed by atoms with Crippen molar-refractivity contribution in [1.82, 2.24) is 0 Å². The van der Waals surface area contributed by atoms with Gasteiger partial charge in [0.25, 0.3) is 0 Å². The fourth-order valence-electron chi connectivity index (χ4n) is 1.35. The van der Waals surface area contributed by atoms with Gasteiger partial charge in [0.2, 0.25) is 0 Å². The van der Waals surface area contributed by atoms with E-state index in [1.165, 1.54) is 34.1 Å². The first-order chi connectivity index (χ1) is 8.83. The standard InChI is InChI=1S/C13H16O6/c1-13(2,12(15)16)19-10-8(11(14)18-4)6-5-7-9(10)17-3/h5-7H,1-4H3,(H,15,16). The van der Waals surface area contributed by atoms with Gasteiger partial charge < -0.3 is 19.3 Å². The third-order valence-corrected chi connectivity index (χ3v) is 2.48. The largest absolute Gasteiger partial charge is 0.493 e. The van der Waals surface area contributed by atoms with Crippen LogP contribution in [0.25, 0.3) is 0 Å². The van der Waals surface area contributed by atoms with Crippen LogP contribution in [-0.4, -0.2) is 36.9 Å². The first kappa shape index (κ1) is 14.8. The van der Waals surface area contributed by atoms with Crippen LogP contribution in [0.4, 0.5) is 0 Å². The molecule has 0 aliphatic carbocycles. The molecule has 0 spiro atoms. The molecule has 104 valence electrons. The Bertz CT molecular complexity index is 492. The topological polar surface area (TPSA) is 82.1 Å². The third kappa shape index (κ3) is 3.15. The van der Waals surface area contributed by atoms with Gasteiger partial charge in [-0.05, 0) is 26.0 Å². The summed E-state index contributed by atoms with van der Waals surface area (Å²) in [4.78, 5) is 22.7. The zero-order valence-corrected chi connectivity index (χ0v) is 11.2. The fourth-order valence-corrected chi connectivity index (χ4v) is 1.35. The zero-order valence-electron chi connectivity index (χ0n) is 11.2. The molecule has 0 saturated heterocycles. The molecule has 6 heteroatoms. The number of carbonyl (C=O) groups is 2. The lowest BCUT2D eigenvalue weighted by atomic mass is 10.1. The number of rotatable bonds is 5. The Hall–Kier alpha value is -2.24. The summed E-state index contributed by atoms with van der Waals surface area (Å²) in [6.07, 6.45) is 0. The fraction of sp³-hybridized carbons (Fsp3) is 0.385. The number of carboxylic acids is 1. The van der Waals surface area contributed by atoms with E-state index in [-0.39, 0.29) is 17.1 Å². The minimum Gasteiger partial charge on any atom is -0.493 e. The van der Waals surface area contributed by atoms with Gasteiger partial charge in [-0.3, -0.25) is 0 Å². The van der Waals surface area contributed by atoms with E-state index in [0.717, 1.165) is 0 Å². The van der Waals surface area contributed by atoms with Crippen molar-refractivity contribution in [2.45, 2.75) is 19.4 Å². The molecule has 0 aliphatic rings. The summed E-state index contributed by atoms with van der Waals surface area (Å²) < 4.78 is 15.1. The average molecular weight is 268 g/mol. The van der Waals surface area contributed by atoms with Crippen LogP contribution in [0.1, 0.15) is 24.2 Å². The molecule has 0 radical (unpaired) electrons. The number of benzene rings is 1. The molecule has 19 heavy (non-hydrogen) atoms. The van der Waals surface area contributed by atoms with Gasteiger partial charge in [-0.1, -0.05) is 6.07 Å². The lowest BCUT2D eigenvalue weighted by Gasteiger charge is -2.24. The molecular formula is C13H16O6. The number of hydrogen-bond acceptors (Lipinski definition) is 5. The summed E-state index contributed by atoms with van der Waals surface area (Å²) in [6.45, 7) is 2.76. The normalized spacial score (nSPS) is 10.7. The van der Waals surface area contributed by atoms with Gasteiger partial charge in [0.05, 0.1) is 14.2 Å². The Morgan fingerprint density at radius 1 is 1.21 bits per heavy atom. The second-order valence-electron chi connectivity index (χ2n) is 4.25. The molecule has 1 N–H and O–H groups in total. The highest BCUT2D eigenvalue weighted by molar-refractivity contribution is 5.93. The lowest BCUT2D eigenvalue weighted by Crippen LogP contribution is -2.38. The number of ether oxygens (including phenoxy) is 3. The maximum atomic E-state index is 11.7. The van der Waals surface area contributed by atoms with Crippen molar-refractivity contribution in [3.8, 4) is 11.5 Å². The second-order valence-corrected chi connectivity index (χ2v) is 4.25. The van der Waals surface area contributed by atoms with Crippen molar-refractivity contribution < 1.29 is 28.9 Å². The zero-order chi connectivity index (χ0) is 14.6. The van der Waals surface area contributed by atoms with Gasteiger partial charge in [-0.15, -0.1) is 0 Å². The van der Waals surface area contributed by atoms with E-state index in [9.17, 15) is 9.59 Å². The molecular weight excluding hydrogens is 252 g/mol. The van der Waals surface area contributed by atoms with Gasteiger partial charge >= 0.3 is 11.9 Å². The molecule has 0 fully saturated rings. The summed E-state index contributed by atoms with van der Waals surface area (Å²) >= 11 is 0. The van der Waals surface area contributed by atoms with E-state index in [1.807, 2.05) is 0 Å². The van der Waals surface area contributed by atoms with Crippen molar-refractivity contribution in [2.24, 2.45) is 0 Å². The molecule has 1 aromatic carbocycles. The monoisotopic (exact) mass is 268 g/mol. The van der Waals surface area contributed by atoms with E-state index in [4.69, 9.17) is 14.6 Å². The van der Waals surface area contributed by atoms with Crippen LogP contribution in [-0.2, 0) is 9.53 Å². The van der Waals surface area contributed by atoms with E-state index >= 15 is 0 Å². The average Bonchev–Trinajstić information content (AvgIpc) is 2.37. The van der Waals surface area contributed by atoms with Gasteiger partial charge in [0.15, 0.2) is 17.1 Å². The third-order valence-electron chi connectivity index (χ3n) is 2.48. The molecule has 0 aromatic heterocycles. The number of hydrogen-bond donors (Lipinski definition) is 1. The Morgan fingerprint density at radius 2 is 1.84 bits per heavy atom. The van der Waals surface area contributed by atoms with Gasteiger partial charge in [0.1, 0.15) is 5.56 Å². The summed E-state index contributed by atoms with van der Waals surface area (Å²) in [5.41, 5.74) is -1.40. The number of carboxylic acid groups (broad SMARTS) is 1. The van der Waals surface area contributed by atoms with Crippen LogP contribution >= 0.6 is 0 Å². The van der Waals surface area contributed by atoms with E-state index in [0.29, 0.717) is 0 Å². The lowest BCUT2D eigenvalue weighted by molar-refractivity contribution is -0.152. The summed E-state index contributed by atoms with van der Waals surface area (Å²) in [5, 5.41) is 9.07. The Morgan fingerprint density at radius 3 is 2.32 bits per heavy atom. The Balaban J connectivity index is 3.30. The number of para-hydroxylation sites is 1. The molecule has 0 amide bonds. The maximum absolute atomic E-state index is 11.7. The molecule has 1 rings (SSSR count). The van der Waals surface area contributed by atoms with Gasteiger partial charge in [-0.25, -0.2) is 9.59 Å². The molecule has 1 aromatic rings. The quantitative estimate of drug-likeness (QED) is 0.819. The van der Waals surface area contributed by atoms with Crippen molar-refractivity contribution in [3.05, 3.63) is 23.8 Å². The van der Waals surface area contributed by atoms with Crippen LogP contribution in [0.3, 0.4) is 0 Å². The van der Waals surface area contributed by atoms with E-state index in [2.05, 4.69) is 4.74 Å². The van der Waals surface area contributed by atoms with Crippen molar-refractivity contribution in [3.63, 3.8) is 0 Å². The second kappa shape index (κ2) is 5.60. The molecule has 6 nitrogen and oxygen atoms in total. The Kier molecular flexibility index (Phi) is 4.37. The minimum atomic E-state index is -1.50. The molecule has 0 heterocycles. The van der Waals surface area contributed by atoms with Crippen LogP contribution in [0, 0.1) is 0 Å². The highest BCUT2D eigenvalue weighted by atomic mass is 16.6. The summed E-state index contributed by atoms with van der Waals surface area (Å²) in [7, 11) is 2.63. The smallest absolute Gasteiger partial charge is 0.347 e. The number of aliphatic carboxylic acids is 1. The van der Waals surface area contributed by atoms with Crippen LogP contribution < -0.4 is 9.47 Å². The molecule has 0 atom stereocenters. The van der Waals surface area contributed by atoms with Crippen molar-refractivity contribution >= 4 is 11.9 Å². The molecule has 0 saturated carbocycles. The van der Waals surface area contributed by atoms with Crippen LogP contribution in [0.15, 0.2) is 18.2 Å². The number of methoxy groups -OCH3 is 2. The SMILES string of the molecule is COC(=O)c1cccc(OC)c1OC(C)(C)C(=O)O. The Labute approximate surface area is 110 Å². The summed E-state index contributed by atoms with van der Waals surface area (Å²) in [5.74, 6) is -1.48. The van der Waals surface area contributed by atoms with E-state index < -0.39 is 17.5 Å².